The second-order valence-corrected chi connectivity index (χ2v) is 5.31. The Morgan fingerprint density at radius 1 is 1.04 bits per heavy atom. The Balaban J connectivity index is 1.77. The summed E-state index contributed by atoms with van der Waals surface area (Å²) in [7, 11) is 1.32. The highest BCUT2D eigenvalue weighted by Crippen LogP contribution is 2.22. The largest absolute Gasteiger partial charge is 0.466 e. The first-order valence-corrected chi connectivity index (χ1v) is 7.68. The van der Waals surface area contributed by atoms with Crippen molar-refractivity contribution in [1.29, 1.82) is 0 Å². The Labute approximate surface area is 145 Å². The molecule has 5 heteroatoms. The summed E-state index contributed by atoms with van der Waals surface area (Å²) < 4.78 is 4.54. The number of anilines is 1. The number of hydrogen-bond donors (Lipinski definition) is 1. The van der Waals surface area contributed by atoms with Crippen LogP contribution in [0.15, 0.2) is 66.9 Å². The van der Waals surface area contributed by atoms with Crippen LogP contribution in [0.5, 0.6) is 0 Å². The molecule has 0 unspecified atom stereocenters. The van der Waals surface area contributed by atoms with Crippen LogP contribution in [0.4, 0.5) is 5.69 Å². The lowest BCUT2D eigenvalue weighted by molar-refractivity contribution is -0.134. The first kappa shape index (κ1) is 16.4. The van der Waals surface area contributed by atoms with E-state index in [2.05, 4.69) is 15.0 Å². The average molecular weight is 332 g/mol. The summed E-state index contributed by atoms with van der Waals surface area (Å²) in [5.41, 5.74) is 2.86. The molecule has 2 aromatic carbocycles. The molecule has 0 radical (unpaired) electrons. The summed E-state index contributed by atoms with van der Waals surface area (Å²) >= 11 is 0. The smallest absolute Gasteiger partial charge is 0.330 e. The molecule has 1 heterocycles. The number of fused-ring (bicyclic) bond motifs is 1. The fraction of sp³-hybridized carbons (Fsp3) is 0.0500. The van der Waals surface area contributed by atoms with Crippen molar-refractivity contribution in [2.45, 2.75) is 0 Å². The predicted molar refractivity (Wildman–Crippen MR) is 97.2 cm³/mol. The number of esters is 1. The maximum atomic E-state index is 12.5. The Morgan fingerprint density at radius 2 is 1.84 bits per heavy atom. The third-order valence-corrected chi connectivity index (χ3v) is 3.68. The second-order valence-electron chi connectivity index (χ2n) is 5.31. The molecule has 0 aliphatic heterocycles. The third kappa shape index (κ3) is 3.90. The molecule has 3 aromatic rings. The monoisotopic (exact) mass is 332 g/mol. The van der Waals surface area contributed by atoms with Crippen LogP contribution in [0.25, 0.3) is 17.0 Å². The van der Waals surface area contributed by atoms with Crippen LogP contribution in [-0.4, -0.2) is 24.0 Å². The maximum Gasteiger partial charge on any atom is 0.330 e. The number of benzene rings is 2. The van der Waals surface area contributed by atoms with Crippen molar-refractivity contribution < 1.29 is 14.3 Å². The van der Waals surface area contributed by atoms with Crippen molar-refractivity contribution in [3.63, 3.8) is 0 Å². The number of aromatic nitrogens is 1. The Morgan fingerprint density at radius 3 is 2.60 bits per heavy atom. The molecule has 3 rings (SSSR count). The molecule has 5 nitrogen and oxygen atoms in total. The normalized spacial score (nSPS) is 10.8. The molecule has 0 bridgehead atoms. The van der Waals surface area contributed by atoms with Crippen molar-refractivity contribution >= 4 is 34.5 Å². The molecular weight excluding hydrogens is 316 g/mol. The molecule has 0 saturated carbocycles. The van der Waals surface area contributed by atoms with E-state index in [9.17, 15) is 9.59 Å². The summed E-state index contributed by atoms with van der Waals surface area (Å²) in [6.07, 6.45) is 4.68. The zero-order valence-corrected chi connectivity index (χ0v) is 13.6. The van der Waals surface area contributed by atoms with Crippen LogP contribution in [0.1, 0.15) is 15.9 Å². The van der Waals surface area contributed by atoms with E-state index in [1.165, 1.54) is 13.2 Å². The Kier molecular flexibility index (Phi) is 4.85. The van der Waals surface area contributed by atoms with Gasteiger partial charge in [0.15, 0.2) is 0 Å². The summed E-state index contributed by atoms with van der Waals surface area (Å²) in [4.78, 5) is 27.8. The molecule has 0 atom stereocenters. The van der Waals surface area contributed by atoms with Gasteiger partial charge >= 0.3 is 5.97 Å². The second kappa shape index (κ2) is 7.40. The highest BCUT2D eigenvalue weighted by Gasteiger charge is 2.08. The molecule has 1 amide bonds. The lowest BCUT2D eigenvalue weighted by Crippen LogP contribution is -2.12. The van der Waals surface area contributed by atoms with E-state index >= 15 is 0 Å². The number of rotatable bonds is 4. The van der Waals surface area contributed by atoms with Gasteiger partial charge in [0.05, 0.1) is 18.3 Å². The molecule has 0 saturated heterocycles. The highest BCUT2D eigenvalue weighted by atomic mass is 16.5. The zero-order chi connectivity index (χ0) is 17.6. The number of amides is 1. The number of carbonyl (C=O) groups excluding carboxylic acids is 2. The summed E-state index contributed by atoms with van der Waals surface area (Å²) in [6.45, 7) is 0. The van der Waals surface area contributed by atoms with Crippen molar-refractivity contribution in [3.05, 3.63) is 78.0 Å². The van der Waals surface area contributed by atoms with Gasteiger partial charge in [-0.2, -0.15) is 0 Å². The molecule has 124 valence electrons. The fourth-order valence-electron chi connectivity index (χ4n) is 2.38. The Hall–Kier alpha value is -3.47. The van der Waals surface area contributed by atoms with E-state index in [0.717, 1.165) is 16.5 Å². The quantitative estimate of drug-likeness (QED) is 0.584. The van der Waals surface area contributed by atoms with E-state index in [4.69, 9.17) is 0 Å². The fourth-order valence-corrected chi connectivity index (χ4v) is 2.38. The minimum absolute atomic E-state index is 0.208. The van der Waals surface area contributed by atoms with Gasteiger partial charge in [-0.05, 0) is 48.0 Å². The van der Waals surface area contributed by atoms with Crippen molar-refractivity contribution in [3.8, 4) is 0 Å². The first-order valence-electron chi connectivity index (χ1n) is 7.68. The van der Waals surface area contributed by atoms with Gasteiger partial charge in [-0.15, -0.1) is 0 Å². The third-order valence-electron chi connectivity index (χ3n) is 3.68. The minimum Gasteiger partial charge on any atom is -0.466 e. The molecule has 0 spiro atoms. The first-order chi connectivity index (χ1) is 12.2. The summed E-state index contributed by atoms with van der Waals surface area (Å²) in [6, 6.07) is 16.3. The van der Waals surface area contributed by atoms with E-state index in [1.807, 2.05) is 30.3 Å². The van der Waals surface area contributed by atoms with Gasteiger partial charge in [-0.3, -0.25) is 9.78 Å². The minimum atomic E-state index is -0.425. The van der Waals surface area contributed by atoms with E-state index < -0.39 is 5.97 Å². The molecule has 0 fully saturated rings. The molecule has 0 aliphatic carbocycles. The molecule has 1 aromatic heterocycles. The SMILES string of the molecule is COC(=O)/C=C/c1ccc(C(=O)Nc2cccc3ncccc23)cc1. The van der Waals surface area contributed by atoms with Gasteiger partial charge in [0.2, 0.25) is 0 Å². The summed E-state index contributed by atoms with van der Waals surface area (Å²) in [5.74, 6) is -0.633. The van der Waals surface area contributed by atoms with Crippen LogP contribution in [-0.2, 0) is 9.53 Å². The predicted octanol–water partition coefficient (Wildman–Crippen LogP) is 3.67. The van der Waals surface area contributed by atoms with Gasteiger partial charge in [0.25, 0.3) is 5.91 Å². The molecule has 1 N–H and O–H groups in total. The average Bonchev–Trinajstić information content (AvgIpc) is 2.66. The highest BCUT2D eigenvalue weighted by molar-refractivity contribution is 6.08. The number of nitrogens with zero attached hydrogens (tertiary/aromatic N) is 1. The van der Waals surface area contributed by atoms with E-state index in [1.54, 1.807) is 36.5 Å². The van der Waals surface area contributed by atoms with Crippen LogP contribution in [0.3, 0.4) is 0 Å². The van der Waals surface area contributed by atoms with Gasteiger partial charge < -0.3 is 10.1 Å². The van der Waals surface area contributed by atoms with Crippen molar-refractivity contribution in [2.24, 2.45) is 0 Å². The molecular formula is C20H16N2O3. The lowest BCUT2D eigenvalue weighted by Gasteiger charge is -2.08. The summed E-state index contributed by atoms with van der Waals surface area (Å²) in [5, 5.41) is 3.79. The van der Waals surface area contributed by atoms with Crippen LogP contribution in [0.2, 0.25) is 0 Å². The lowest BCUT2D eigenvalue weighted by atomic mass is 10.1. The van der Waals surface area contributed by atoms with Gasteiger partial charge in [0.1, 0.15) is 0 Å². The standard InChI is InChI=1S/C20H16N2O3/c1-25-19(23)12-9-14-7-10-15(11-8-14)20(24)22-18-6-2-5-17-16(18)4-3-13-21-17/h2-13H,1H3,(H,22,24)/b12-9+. The van der Waals surface area contributed by atoms with Crippen LogP contribution < -0.4 is 5.32 Å². The number of carbonyl (C=O) groups is 2. The van der Waals surface area contributed by atoms with Crippen LogP contribution in [0, 0.1) is 0 Å². The van der Waals surface area contributed by atoms with E-state index in [0.29, 0.717) is 11.3 Å². The Bertz CT molecular complexity index is 941. The van der Waals surface area contributed by atoms with Gasteiger partial charge in [0, 0.05) is 23.2 Å². The number of pyridine rings is 1. The topological polar surface area (TPSA) is 68.3 Å². The van der Waals surface area contributed by atoms with Gasteiger partial charge in [-0.1, -0.05) is 18.2 Å². The van der Waals surface area contributed by atoms with E-state index in [-0.39, 0.29) is 5.91 Å². The molecule has 25 heavy (non-hydrogen) atoms. The number of nitrogens with one attached hydrogen (secondary N) is 1. The maximum absolute atomic E-state index is 12.5. The zero-order valence-electron chi connectivity index (χ0n) is 13.6. The molecule has 0 aliphatic rings. The number of hydrogen-bond acceptors (Lipinski definition) is 4. The number of ether oxygens (including phenoxy) is 1. The van der Waals surface area contributed by atoms with Crippen molar-refractivity contribution in [1.82, 2.24) is 4.98 Å². The number of methoxy groups -OCH3 is 1. The van der Waals surface area contributed by atoms with Crippen molar-refractivity contribution in [2.75, 3.05) is 12.4 Å². The van der Waals surface area contributed by atoms with Gasteiger partial charge in [-0.25, -0.2) is 4.79 Å². The van der Waals surface area contributed by atoms with Crippen LogP contribution >= 0.6 is 0 Å².